The summed E-state index contributed by atoms with van der Waals surface area (Å²) in [6, 6.07) is 11.1. The highest BCUT2D eigenvalue weighted by atomic mass is 35.5. The molecule has 0 aliphatic carbocycles. The maximum atomic E-state index is 10.2. The Balaban J connectivity index is 1.69. The zero-order valence-corrected chi connectivity index (χ0v) is 18.1. The van der Waals surface area contributed by atoms with Crippen LogP contribution in [0, 0.1) is 0 Å². The van der Waals surface area contributed by atoms with E-state index in [0.717, 1.165) is 23.3 Å². The van der Waals surface area contributed by atoms with Gasteiger partial charge in [0.2, 0.25) is 0 Å². The molecule has 0 radical (unpaired) electrons. The number of halogens is 1. The van der Waals surface area contributed by atoms with E-state index in [4.69, 9.17) is 25.7 Å². The van der Waals surface area contributed by atoms with Gasteiger partial charge in [-0.2, -0.15) is 0 Å². The molecule has 4 rings (SSSR count). The number of aromatic nitrogens is 2. The Morgan fingerprint density at radius 1 is 1.17 bits per heavy atom. The molecule has 1 unspecified atom stereocenters. The SMILES string of the molecule is CC(O)(CO)c1ccc(-c2nc(C3CCOCC3)oc2Sc2ccc(Cl)cc2)cn1. The first-order chi connectivity index (χ1) is 14.5. The van der Waals surface area contributed by atoms with E-state index in [1.807, 2.05) is 30.3 Å². The van der Waals surface area contributed by atoms with E-state index in [-0.39, 0.29) is 5.92 Å². The third-order valence-corrected chi connectivity index (χ3v) is 6.33. The van der Waals surface area contributed by atoms with E-state index < -0.39 is 12.2 Å². The number of ether oxygens (including phenoxy) is 1. The van der Waals surface area contributed by atoms with Crippen molar-refractivity contribution in [2.24, 2.45) is 0 Å². The smallest absolute Gasteiger partial charge is 0.199 e. The van der Waals surface area contributed by atoms with Crippen LogP contribution in [0.1, 0.15) is 37.3 Å². The Labute approximate surface area is 184 Å². The molecule has 1 aliphatic rings. The van der Waals surface area contributed by atoms with Crippen molar-refractivity contribution in [1.82, 2.24) is 9.97 Å². The fourth-order valence-electron chi connectivity index (χ4n) is 3.24. The summed E-state index contributed by atoms with van der Waals surface area (Å²) in [7, 11) is 0. The Hall–Kier alpha value is -1.90. The van der Waals surface area contributed by atoms with Gasteiger partial charge >= 0.3 is 0 Å². The van der Waals surface area contributed by atoms with Gasteiger partial charge in [-0.15, -0.1) is 0 Å². The summed E-state index contributed by atoms with van der Waals surface area (Å²) in [4.78, 5) is 10.1. The summed E-state index contributed by atoms with van der Waals surface area (Å²) in [5.41, 5.74) is 0.496. The third-order valence-electron chi connectivity index (χ3n) is 5.10. The molecule has 1 atom stereocenters. The lowest BCUT2D eigenvalue weighted by atomic mass is 10.0. The van der Waals surface area contributed by atoms with Gasteiger partial charge in [0.1, 0.15) is 11.3 Å². The molecule has 30 heavy (non-hydrogen) atoms. The van der Waals surface area contributed by atoms with Crippen molar-refractivity contribution in [2.45, 2.75) is 41.3 Å². The Kier molecular flexibility index (Phi) is 6.46. The highest BCUT2D eigenvalue weighted by molar-refractivity contribution is 7.99. The average molecular weight is 447 g/mol. The summed E-state index contributed by atoms with van der Waals surface area (Å²) in [6.07, 6.45) is 3.40. The van der Waals surface area contributed by atoms with Crippen molar-refractivity contribution < 1.29 is 19.4 Å². The second-order valence-electron chi connectivity index (χ2n) is 7.49. The van der Waals surface area contributed by atoms with Crippen molar-refractivity contribution >= 4 is 23.4 Å². The number of rotatable bonds is 6. The predicted molar refractivity (Wildman–Crippen MR) is 115 cm³/mol. The summed E-state index contributed by atoms with van der Waals surface area (Å²) in [6.45, 7) is 2.52. The zero-order valence-electron chi connectivity index (χ0n) is 16.5. The normalized spacial score (nSPS) is 17.1. The average Bonchev–Trinajstić information content (AvgIpc) is 3.20. The predicted octanol–water partition coefficient (Wildman–Crippen LogP) is 4.64. The summed E-state index contributed by atoms with van der Waals surface area (Å²) in [5, 5.41) is 21.0. The molecule has 1 aliphatic heterocycles. The van der Waals surface area contributed by atoms with Crippen LogP contribution in [0.25, 0.3) is 11.3 Å². The second kappa shape index (κ2) is 9.08. The molecule has 0 spiro atoms. The molecular formula is C22H23ClN2O4S. The molecule has 2 N–H and O–H groups in total. The number of hydrogen-bond donors (Lipinski definition) is 2. The molecular weight excluding hydrogens is 424 g/mol. The van der Waals surface area contributed by atoms with Crippen LogP contribution in [-0.4, -0.2) is 40.0 Å². The van der Waals surface area contributed by atoms with E-state index in [9.17, 15) is 10.2 Å². The largest absolute Gasteiger partial charge is 0.433 e. The van der Waals surface area contributed by atoms with Crippen molar-refractivity contribution in [1.29, 1.82) is 0 Å². The lowest BCUT2D eigenvalue weighted by molar-refractivity contribution is -0.00583. The number of benzene rings is 1. The number of hydrogen-bond acceptors (Lipinski definition) is 7. The van der Waals surface area contributed by atoms with Crippen LogP contribution in [0.4, 0.5) is 0 Å². The van der Waals surface area contributed by atoms with E-state index >= 15 is 0 Å². The minimum absolute atomic E-state index is 0.222. The molecule has 6 nitrogen and oxygen atoms in total. The monoisotopic (exact) mass is 446 g/mol. The summed E-state index contributed by atoms with van der Waals surface area (Å²) < 4.78 is 11.7. The fraction of sp³-hybridized carbons (Fsp3) is 0.364. The number of nitrogens with zero attached hydrogens (tertiary/aromatic N) is 2. The van der Waals surface area contributed by atoms with Gasteiger partial charge in [0.15, 0.2) is 11.0 Å². The highest BCUT2D eigenvalue weighted by Gasteiger charge is 2.26. The van der Waals surface area contributed by atoms with Gasteiger partial charge in [-0.25, -0.2) is 4.98 Å². The lowest BCUT2D eigenvalue weighted by Crippen LogP contribution is -2.26. The summed E-state index contributed by atoms with van der Waals surface area (Å²) >= 11 is 7.49. The van der Waals surface area contributed by atoms with Crippen LogP contribution in [0.15, 0.2) is 57.0 Å². The minimum atomic E-state index is -1.39. The maximum Gasteiger partial charge on any atom is 0.199 e. The molecule has 1 aromatic carbocycles. The molecule has 2 aromatic heterocycles. The van der Waals surface area contributed by atoms with Crippen LogP contribution >= 0.6 is 23.4 Å². The van der Waals surface area contributed by atoms with Crippen LogP contribution in [0.2, 0.25) is 5.02 Å². The molecule has 3 aromatic rings. The van der Waals surface area contributed by atoms with Crippen molar-refractivity contribution in [2.75, 3.05) is 19.8 Å². The first-order valence-electron chi connectivity index (χ1n) is 9.78. The van der Waals surface area contributed by atoms with Gasteiger partial charge in [0.25, 0.3) is 0 Å². The van der Waals surface area contributed by atoms with Gasteiger partial charge in [-0.05, 0) is 67.9 Å². The molecule has 0 bridgehead atoms. The van der Waals surface area contributed by atoms with E-state index in [2.05, 4.69) is 4.98 Å². The van der Waals surface area contributed by atoms with Crippen LogP contribution in [-0.2, 0) is 10.3 Å². The fourth-order valence-corrected chi connectivity index (χ4v) is 4.24. The van der Waals surface area contributed by atoms with Gasteiger partial charge in [0.05, 0.1) is 12.3 Å². The molecule has 1 fully saturated rings. The molecule has 3 heterocycles. The molecule has 0 saturated carbocycles. The van der Waals surface area contributed by atoms with Crippen molar-refractivity contribution in [3.63, 3.8) is 0 Å². The maximum absolute atomic E-state index is 10.2. The standard InChI is InChI=1S/C22H23ClN2O4S/c1-22(27,13-26)18-7-2-15(12-24-18)19-21(30-17-5-3-16(23)4-6-17)29-20(25-19)14-8-10-28-11-9-14/h2-7,12,14,26-27H,8-11,13H2,1H3. The number of oxazole rings is 1. The van der Waals surface area contributed by atoms with E-state index in [0.29, 0.717) is 40.6 Å². The third kappa shape index (κ3) is 4.71. The summed E-state index contributed by atoms with van der Waals surface area (Å²) in [5.74, 6) is 0.926. The molecule has 0 amide bonds. The Bertz CT molecular complexity index is 983. The van der Waals surface area contributed by atoms with E-state index in [1.54, 1.807) is 12.3 Å². The first kappa shape index (κ1) is 21.3. The Morgan fingerprint density at radius 2 is 1.90 bits per heavy atom. The zero-order chi connectivity index (χ0) is 21.1. The van der Waals surface area contributed by atoms with Gasteiger partial charge in [0, 0.05) is 40.8 Å². The van der Waals surface area contributed by atoms with Crippen molar-refractivity contribution in [3.05, 3.63) is 59.2 Å². The number of aliphatic hydroxyl groups is 2. The second-order valence-corrected chi connectivity index (χ2v) is 8.98. The van der Waals surface area contributed by atoms with Crippen LogP contribution < -0.4 is 0 Å². The molecule has 8 heteroatoms. The van der Waals surface area contributed by atoms with Crippen molar-refractivity contribution in [3.8, 4) is 11.3 Å². The quantitative estimate of drug-likeness (QED) is 0.570. The van der Waals surface area contributed by atoms with Gasteiger partial charge in [-0.3, -0.25) is 4.98 Å². The van der Waals surface area contributed by atoms with Crippen LogP contribution in [0.3, 0.4) is 0 Å². The van der Waals surface area contributed by atoms with Gasteiger partial charge < -0.3 is 19.4 Å². The van der Waals surface area contributed by atoms with Gasteiger partial charge in [-0.1, -0.05) is 11.6 Å². The first-order valence-corrected chi connectivity index (χ1v) is 11.0. The number of pyridine rings is 1. The molecule has 1 saturated heterocycles. The topological polar surface area (TPSA) is 88.6 Å². The number of aliphatic hydroxyl groups excluding tert-OH is 1. The van der Waals surface area contributed by atoms with Crippen LogP contribution in [0.5, 0.6) is 0 Å². The minimum Gasteiger partial charge on any atom is -0.433 e. The highest BCUT2D eigenvalue weighted by Crippen LogP contribution is 2.40. The van der Waals surface area contributed by atoms with E-state index in [1.165, 1.54) is 18.7 Å². The molecule has 158 valence electrons. The lowest BCUT2D eigenvalue weighted by Gasteiger charge is -2.19. The Morgan fingerprint density at radius 3 is 2.53 bits per heavy atom.